The third kappa shape index (κ3) is 3.20. The molecule has 1 aliphatic heterocycles. The molecule has 0 spiro atoms. The monoisotopic (exact) mass is 340 g/mol. The van der Waals surface area contributed by atoms with Gasteiger partial charge in [0.25, 0.3) is 5.91 Å². The lowest BCUT2D eigenvalue weighted by Crippen LogP contribution is -2.44. The van der Waals surface area contributed by atoms with E-state index in [1.54, 1.807) is 0 Å². The number of aromatic nitrogens is 2. The highest BCUT2D eigenvalue weighted by Gasteiger charge is 2.23. The van der Waals surface area contributed by atoms with E-state index in [9.17, 15) is 4.79 Å². The summed E-state index contributed by atoms with van der Waals surface area (Å²) >= 11 is 1.52. The average Bonchev–Trinajstić information content (AvgIpc) is 3.31. The number of hydrogen-bond donors (Lipinski definition) is 1. The van der Waals surface area contributed by atoms with Crippen molar-refractivity contribution in [1.82, 2.24) is 19.8 Å². The molecule has 4 rings (SSSR count). The van der Waals surface area contributed by atoms with Crippen molar-refractivity contribution in [3.63, 3.8) is 0 Å². The Balaban J connectivity index is 1.29. The van der Waals surface area contributed by atoms with Crippen molar-refractivity contribution in [1.29, 1.82) is 0 Å². The number of nitrogens with one attached hydrogen (secondary N) is 1. The highest BCUT2D eigenvalue weighted by molar-refractivity contribution is 7.12. The van der Waals surface area contributed by atoms with Crippen LogP contribution in [0.2, 0.25) is 0 Å². The van der Waals surface area contributed by atoms with Crippen LogP contribution in [0.25, 0.3) is 5.52 Å². The molecule has 24 heavy (non-hydrogen) atoms. The van der Waals surface area contributed by atoms with Gasteiger partial charge in [-0.1, -0.05) is 6.07 Å². The van der Waals surface area contributed by atoms with Gasteiger partial charge in [0.05, 0.1) is 10.4 Å². The molecular weight excluding hydrogens is 320 g/mol. The average molecular weight is 340 g/mol. The Morgan fingerprint density at radius 1 is 1.29 bits per heavy atom. The number of thiophene rings is 1. The summed E-state index contributed by atoms with van der Waals surface area (Å²) in [7, 11) is 0. The van der Waals surface area contributed by atoms with Crippen LogP contribution < -0.4 is 5.32 Å². The van der Waals surface area contributed by atoms with E-state index in [-0.39, 0.29) is 5.91 Å². The molecule has 1 amide bonds. The van der Waals surface area contributed by atoms with E-state index in [1.807, 2.05) is 45.4 Å². The van der Waals surface area contributed by atoms with Gasteiger partial charge in [-0.3, -0.25) is 4.79 Å². The van der Waals surface area contributed by atoms with Gasteiger partial charge in [-0.25, -0.2) is 4.52 Å². The molecule has 0 radical (unpaired) electrons. The van der Waals surface area contributed by atoms with Crippen molar-refractivity contribution in [2.75, 3.05) is 13.1 Å². The minimum absolute atomic E-state index is 0.176. The molecule has 1 saturated heterocycles. The summed E-state index contributed by atoms with van der Waals surface area (Å²) in [6.45, 7) is 2.51. The first-order chi connectivity index (χ1) is 11.8. The first kappa shape index (κ1) is 15.4. The van der Waals surface area contributed by atoms with Crippen LogP contribution in [0, 0.1) is 0 Å². The van der Waals surface area contributed by atoms with Crippen LogP contribution in [-0.2, 0) is 6.54 Å². The fourth-order valence-corrected chi connectivity index (χ4v) is 3.87. The maximum atomic E-state index is 12.4. The van der Waals surface area contributed by atoms with Crippen LogP contribution in [0.4, 0.5) is 0 Å². The molecule has 124 valence electrons. The smallest absolute Gasteiger partial charge is 0.263 e. The molecule has 0 bridgehead atoms. The topological polar surface area (TPSA) is 49.6 Å². The maximum absolute atomic E-state index is 12.4. The zero-order chi connectivity index (χ0) is 16.4. The normalized spacial score (nSPS) is 15.9. The van der Waals surface area contributed by atoms with E-state index >= 15 is 0 Å². The van der Waals surface area contributed by atoms with Gasteiger partial charge in [-0.15, -0.1) is 11.3 Å². The van der Waals surface area contributed by atoms with Crippen LogP contribution in [0.5, 0.6) is 0 Å². The number of piperidine rings is 1. The van der Waals surface area contributed by atoms with Crippen molar-refractivity contribution < 1.29 is 4.79 Å². The van der Waals surface area contributed by atoms with Gasteiger partial charge in [-0.2, -0.15) is 5.10 Å². The lowest BCUT2D eigenvalue weighted by atomic mass is 10.0. The Morgan fingerprint density at radius 3 is 2.96 bits per heavy atom. The summed E-state index contributed by atoms with van der Waals surface area (Å²) in [4.78, 5) is 15.2. The third-order valence-electron chi connectivity index (χ3n) is 4.57. The molecule has 3 aromatic rings. The molecule has 1 aliphatic rings. The second-order valence-corrected chi connectivity index (χ2v) is 7.11. The summed E-state index contributed by atoms with van der Waals surface area (Å²) in [5, 5.41) is 9.80. The Kier molecular flexibility index (Phi) is 4.32. The Hall–Kier alpha value is -2.18. The summed E-state index contributed by atoms with van der Waals surface area (Å²) in [6.07, 6.45) is 5.82. The van der Waals surface area contributed by atoms with E-state index in [4.69, 9.17) is 0 Å². The Bertz CT molecular complexity index is 819. The van der Waals surface area contributed by atoms with E-state index in [1.165, 1.54) is 16.9 Å². The van der Waals surface area contributed by atoms with E-state index < -0.39 is 0 Å². The summed E-state index contributed by atoms with van der Waals surface area (Å²) in [6, 6.07) is 10.6. The van der Waals surface area contributed by atoms with Crippen LogP contribution in [0.15, 0.2) is 48.1 Å². The molecule has 1 N–H and O–H groups in total. The zero-order valence-electron chi connectivity index (χ0n) is 13.4. The minimum Gasteiger partial charge on any atom is -0.338 e. The van der Waals surface area contributed by atoms with Crippen LogP contribution in [0.3, 0.4) is 0 Å². The Morgan fingerprint density at radius 2 is 2.17 bits per heavy atom. The SMILES string of the molecule is O=C(c1cccs1)N1CCC(NCc2ccn3nccc3c2)CC1. The fourth-order valence-electron chi connectivity index (χ4n) is 3.18. The molecule has 6 heteroatoms. The first-order valence-electron chi connectivity index (χ1n) is 8.28. The van der Waals surface area contributed by atoms with E-state index in [0.29, 0.717) is 6.04 Å². The molecule has 0 aromatic carbocycles. The van der Waals surface area contributed by atoms with Crippen molar-refractivity contribution >= 4 is 22.8 Å². The number of fused-ring (bicyclic) bond motifs is 1. The number of likely N-dealkylation sites (tertiary alicyclic amines) is 1. The maximum Gasteiger partial charge on any atom is 0.263 e. The Labute approximate surface area is 144 Å². The molecule has 0 atom stereocenters. The number of carbonyl (C=O) groups is 1. The number of carbonyl (C=O) groups excluding carboxylic acids is 1. The number of nitrogens with zero attached hydrogens (tertiary/aromatic N) is 3. The largest absolute Gasteiger partial charge is 0.338 e. The molecule has 5 nitrogen and oxygen atoms in total. The summed E-state index contributed by atoms with van der Waals surface area (Å²) < 4.78 is 1.87. The number of rotatable bonds is 4. The predicted octanol–water partition coefficient (Wildman–Crippen LogP) is 2.79. The first-order valence-corrected chi connectivity index (χ1v) is 9.16. The van der Waals surface area contributed by atoms with Gasteiger partial charge in [0, 0.05) is 38.1 Å². The molecule has 0 saturated carbocycles. The standard InChI is InChI=1S/C18H20N4OS/c23-18(17-2-1-11-24-17)21-8-5-15(6-9-21)19-13-14-4-10-22-16(12-14)3-7-20-22/h1-4,7,10-12,15,19H,5-6,8-9,13H2. The number of pyridine rings is 1. The number of hydrogen-bond acceptors (Lipinski definition) is 4. The highest BCUT2D eigenvalue weighted by atomic mass is 32.1. The van der Waals surface area contributed by atoms with Gasteiger partial charge in [-0.05, 0) is 48.1 Å². The van der Waals surface area contributed by atoms with E-state index in [0.717, 1.165) is 42.9 Å². The fraction of sp³-hybridized carbons (Fsp3) is 0.333. The van der Waals surface area contributed by atoms with Crippen molar-refractivity contribution in [3.05, 3.63) is 58.5 Å². The van der Waals surface area contributed by atoms with Crippen LogP contribution >= 0.6 is 11.3 Å². The van der Waals surface area contributed by atoms with Crippen LogP contribution in [-0.4, -0.2) is 39.6 Å². The molecular formula is C18H20N4OS. The van der Waals surface area contributed by atoms with Gasteiger partial charge in [0.1, 0.15) is 0 Å². The zero-order valence-corrected chi connectivity index (χ0v) is 14.2. The van der Waals surface area contributed by atoms with Crippen LogP contribution in [0.1, 0.15) is 28.1 Å². The minimum atomic E-state index is 0.176. The van der Waals surface area contributed by atoms with Gasteiger partial charge < -0.3 is 10.2 Å². The third-order valence-corrected chi connectivity index (χ3v) is 5.43. The van der Waals surface area contributed by atoms with Crippen molar-refractivity contribution in [2.45, 2.75) is 25.4 Å². The predicted molar refractivity (Wildman–Crippen MR) is 95.3 cm³/mol. The van der Waals surface area contributed by atoms with Gasteiger partial charge in [0.15, 0.2) is 0 Å². The summed E-state index contributed by atoms with van der Waals surface area (Å²) in [5.41, 5.74) is 2.38. The van der Waals surface area contributed by atoms with Crippen molar-refractivity contribution in [3.8, 4) is 0 Å². The lowest BCUT2D eigenvalue weighted by Gasteiger charge is -2.32. The second-order valence-electron chi connectivity index (χ2n) is 6.16. The van der Waals surface area contributed by atoms with Gasteiger partial charge in [0.2, 0.25) is 0 Å². The molecule has 0 unspecified atom stereocenters. The molecule has 1 fully saturated rings. The number of amides is 1. The molecule has 4 heterocycles. The second kappa shape index (κ2) is 6.75. The van der Waals surface area contributed by atoms with Gasteiger partial charge >= 0.3 is 0 Å². The summed E-state index contributed by atoms with van der Waals surface area (Å²) in [5.74, 6) is 0.176. The quantitative estimate of drug-likeness (QED) is 0.794. The lowest BCUT2D eigenvalue weighted by molar-refractivity contribution is 0.0709. The van der Waals surface area contributed by atoms with Crippen molar-refractivity contribution in [2.24, 2.45) is 0 Å². The van der Waals surface area contributed by atoms with E-state index in [2.05, 4.69) is 22.5 Å². The molecule has 3 aromatic heterocycles. The highest BCUT2D eigenvalue weighted by Crippen LogP contribution is 2.17. The molecule has 0 aliphatic carbocycles.